The van der Waals surface area contributed by atoms with Gasteiger partial charge in [-0.25, -0.2) is 0 Å². The van der Waals surface area contributed by atoms with Crippen LogP contribution in [0, 0.1) is 5.92 Å². The Bertz CT molecular complexity index is 398. The topological polar surface area (TPSA) is 12.9 Å². The van der Waals surface area contributed by atoms with Crippen molar-refractivity contribution >= 4 is 11.8 Å². The molecule has 2 heteroatoms. The van der Waals surface area contributed by atoms with Crippen LogP contribution in [0.5, 0.6) is 0 Å². The van der Waals surface area contributed by atoms with Crippen molar-refractivity contribution in [3.8, 4) is 0 Å². The summed E-state index contributed by atoms with van der Waals surface area (Å²) in [4.78, 5) is 4.47. The maximum atomic E-state index is 4.47. The first-order valence-corrected chi connectivity index (χ1v) is 8.31. The van der Waals surface area contributed by atoms with Crippen molar-refractivity contribution in [3.63, 3.8) is 0 Å². The van der Waals surface area contributed by atoms with Crippen molar-refractivity contribution in [3.05, 3.63) is 29.1 Å². The molecule has 0 saturated heterocycles. The van der Waals surface area contributed by atoms with Crippen LogP contribution < -0.4 is 0 Å². The van der Waals surface area contributed by atoms with Crippen molar-refractivity contribution in [2.75, 3.05) is 5.75 Å². The van der Waals surface area contributed by atoms with E-state index in [0.717, 1.165) is 17.6 Å². The van der Waals surface area contributed by atoms with Crippen LogP contribution in [0.1, 0.15) is 69.1 Å². The van der Waals surface area contributed by atoms with Crippen LogP contribution >= 0.6 is 11.8 Å². The number of nitrogens with zero attached hydrogens (tertiary/aromatic N) is 1. The summed E-state index contributed by atoms with van der Waals surface area (Å²) in [6.07, 6.45) is 6.90. The van der Waals surface area contributed by atoms with Crippen LogP contribution in [-0.4, -0.2) is 10.7 Å². The van der Waals surface area contributed by atoms with Gasteiger partial charge in [0.2, 0.25) is 0 Å². The molecule has 100 valence electrons. The molecule has 0 aliphatic carbocycles. The number of pyridine rings is 1. The van der Waals surface area contributed by atoms with E-state index in [-0.39, 0.29) is 0 Å². The van der Waals surface area contributed by atoms with Crippen molar-refractivity contribution in [2.24, 2.45) is 5.92 Å². The van der Waals surface area contributed by atoms with Crippen molar-refractivity contribution < 1.29 is 0 Å². The first kappa shape index (κ1) is 13.9. The first-order chi connectivity index (χ1) is 8.61. The lowest BCUT2D eigenvalue weighted by Gasteiger charge is -2.29. The lowest BCUT2D eigenvalue weighted by atomic mass is 9.79. The largest absolute Gasteiger partial charge is 0.264 e. The number of thioether (sulfide) groups is 1. The van der Waals surface area contributed by atoms with E-state index >= 15 is 0 Å². The number of hydrogen-bond acceptors (Lipinski definition) is 2. The van der Waals surface area contributed by atoms with Gasteiger partial charge >= 0.3 is 0 Å². The van der Waals surface area contributed by atoms with Gasteiger partial charge in [-0.05, 0) is 53.0 Å². The average Bonchev–Trinajstić information content (AvgIpc) is 2.28. The molecule has 1 atom stereocenters. The molecule has 0 bridgehead atoms. The molecule has 0 saturated carbocycles. The van der Waals surface area contributed by atoms with E-state index in [1.54, 1.807) is 5.56 Å². The molecule has 18 heavy (non-hydrogen) atoms. The predicted octanol–water partition coefficient (Wildman–Crippen LogP) is 4.97. The third-order valence-electron chi connectivity index (χ3n) is 3.96. The van der Waals surface area contributed by atoms with Gasteiger partial charge in [-0.1, -0.05) is 27.7 Å². The minimum Gasteiger partial charge on any atom is -0.264 e. The van der Waals surface area contributed by atoms with E-state index in [1.807, 2.05) is 0 Å². The first-order valence-electron chi connectivity index (χ1n) is 7.15. The molecule has 1 aliphatic rings. The Morgan fingerprint density at radius 3 is 2.67 bits per heavy atom. The molecular weight excluding hydrogens is 238 g/mol. The van der Waals surface area contributed by atoms with Crippen LogP contribution in [0.15, 0.2) is 12.4 Å². The maximum absolute atomic E-state index is 4.47. The Morgan fingerprint density at radius 2 is 2.00 bits per heavy atom. The Morgan fingerprint density at radius 1 is 1.22 bits per heavy atom. The van der Waals surface area contributed by atoms with Crippen LogP contribution in [0.3, 0.4) is 0 Å². The van der Waals surface area contributed by atoms with E-state index in [0.29, 0.717) is 5.92 Å². The summed E-state index contributed by atoms with van der Waals surface area (Å²) in [5.41, 5.74) is 4.60. The molecule has 1 nitrogen and oxygen atoms in total. The van der Waals surface area contributed by atoms with Gasteiger partial charge in [0, 0.05) is 18.1 Å². The van der Waals surface area contributed by atoms with Gasteiger partial charge < -0.3 is 0 Å². The third kappa shape index (κ3) is 2.90. The monoisotopic (exact) mass is 263 g/mol. The highest BCUT2D eigenvalue weighted by atomic mass is 32.2. The van der Waals surface area contributed by atoms with Crippen molar-refractivity contribution in [2.45, 2.75) is 58.1 Å². The molecule has 0 N–H and O–H groups in total. The molecule has 0 fully saturated rings. The fraction of sp³-hybridized carbons (Fsp3) is 0.688. The van der Waals surface area contributed by atoms with E-state index in [1.165, 1.54) is 29.7 Å². The fourth-order valence-corrected chi connectivity index (χ4v) is 3.92. The van der Waals surface area contributed by atoms with Gasteiger partial charge in [-0.2, -0.15) is 11.8 Å². The zero-order chi connectivity index (χ0) is 13.1. The SMILES string of the molecule is CC(C)c1cncc2c1C(C(C)C)CCCSC2. The minimum absolute atomic E-state index is 0.582. The summed E-state index contributed by atoms with van der Waals surface area (Å²) in [6, 6.07) is 0. The average molecular weight is 263 g/mol. The molecule has 0 spiro atoms. The minimum atomic E-state index is 0.582. The number of hydrogen-bond donors (Lipinski definition) is 0. The summed E-state index contributed by atoms with van der Waals surface area (Å²) in [5, 5.41) is 0. The summed E-state index contributed by atoms with van der Waals surface area (Å²) in [6.45, 7) is 9.32. The summed E-state index contributed by atoms with van der Waals surface area (Å²) < 4.78 is 0. The molecule has 0 radical (unpaired) electrons. The van der Waals surface area contributed by atoms with E-state index < -0.39 is 0 Å². The maximum Gasteiger partial charge on any atom is 0.0311 e. The summed E-state index contributed by atoms with van der Waals surface area (Å²) in [5.74, 6) is 4.48. The second-order valence-corrected chi connectivity index (χ2v) is 7.11. The van der Waals surface area contributed by atoms with Gasteiger partial charge in [0.25, 0.3) is 0 Å². The number of fused-ring (bicyclic) bond motifs is 1. The Kier molecular flexibility index (Phi) is 4.71. The second kappa shape index (κ2) is 6.10. The normalized spacial score (nSPS) is 20.7. The Balaban J connectivity index is 2.51. The zero-order valence-corrected chi connectivity index (χ0v) is 12.9. The standard InChI is InChI=1S/C16H25NS/c1-11(2)14-6-5-7-18-10-13-8-17-9-15(12(3)4)16(13)14/h8-9,11-12,14H,5-7,10H2,1-4H3. The van der Waals surface area contributed by atoms with E-state index in [2.05, 4.69) is 56.8 Å². The lowest BCUT2D eigenvalue weighted by molar-refractivity contribution is 0.456. The van der Waals surface area contributed by atoms with E-state index in [4.69, 9.17) is 0 Å². The van der Waals surface area contributed by atoms with Crippen LogP contribution in [0.25, 0.3) is 0 Å². The van der Waals surface area contributed by atoms with Gasteiger partial charge in [-0.3, -0.25) is 4.98 Å². The smallest absolute Gasteiger partial charge is 0.0311 e. The molecule has 0 aromatic carbocycles. The fourth-order valence-electron chi connectivity index (χ4n) is 2.96. The van der Waals surface area contributed by atoms with Gasteiger partial charge in [-0.15, -0.1) is 0 Å². The third-order valence-corrected chi connectivity index (χ3v) is 5.05. The molecular formula is C16H25NS. The molecule has 1 aromatic heterocycles. The highest BCUT2D eigenvalue weighted by Crippen LogP contribution is 2.39. The number of aromatic nitrogens is 1. The highest BCUT2D eigenvalue weighted by molar-refractivity contribution is 7.98. The van der Waals surface area contributed by atoms with E-state index in [9.17, 15) is 0 Å². The molecule has 1 aliphatic heterocycles. The van der Waals surface area contributed by atoms with Crippen LogP contribution in [0.2, 0.25) is 0 Å². The van der Waals surface area contributed by atoms with Gasteiger partial charge in [0.15, 0.2) is 0 Å². The van der Waals surface area contributed by atoms with Crippen LogP contribution in [0.4, 0.5) is 0 Å². The summed E-state index contributed by atoms with van der Waals surface area (Å²) >= 11 is 2.07. The molecule has 2 rings (SSSR count). The molecule has 1 aromatic rings. The Labute approximate surface area is 116 Å². The molecule has 1 unspecified atom stereocenters. The van der Waals surface area contributed by atoms with Crippen molar-refractivity contribution in [1.82, 2.24) is 4.98 Å². The highest BCUT2D eigenvalue weighted by Gasteiger charge is 2.24. The molecule has 0 amide bonds. The van der Waals surface area contributed by atoms with Gasteiger partial charge in [0.05, 0.1) is 0 Å². The van der Waals surface area contributed by atoms with Gasteiger partial charge in [0.1, 0.15) is 0 Å². The van der Waals surface area contributed by atoms with Crippen LogP contribution in [-0.2, 0) is 5.75 Å². The number of rotatable bonds is 2. The lowest BCUT2D eigenvalue weighted by Crippen LogP contribution is -2.15. The molecule has 2 heterocycles. The van der Waals surface area contributed by atoms with Crippen molar-refractivity contribution in [1.29, 1.82) is 0 Å². The Hall–Kier alpha value is -0.500. The predicted molar refractivity (Wildman–Crippen MR) is 81.3 cm³/mol. The quantitative estimate of drug-likeness (QED) is 0.747. The summed E-state index contributed by atoms with van der Waals surface area (Å²) in [7, 11) is 0. The second-order valence-electron chi connectivity index (χ2n) is 6.00. The zero-order valence-electron chi connectivity index (χ0n) is 12.1.